The molecule has 3 rings (SSSR count). The van der Waals surface area contributed by atoms with E-state index >= 15 is 0 Å². The van der Waals surface area contributed by atoms with Gasteiger partial charge in [0, 0.05) is 16.8 Å². The molecule has 2 heteroatoms. The summed E-state index contributed by atoms with van der Waals surface area (Å²) in [7, 11) is 0. The second-order valence-electron chi connectivity index (χ2n) is 5.43. The molecule has 0 bridgehead atoms. The Balaban J connectivity index is 2.38. The molecule has 2 aromatic rings. The summed E-state index contributed by atoms with van der Waals surface area (Å²) in [6.45, 7) is 4.48. The van der Waals surface area contributed by atoms with Crippen LogP contribution in [0.25, 0.3) is 10.9 Å². The smallest absolute Gasteiger partial charge is 0.0743 e. The van der Waals surface area contributed by atoms with Gasteiger partial charge in [0.1, 0.15) is 0 Å². The number of nitrogens with zero attached hydrogens (tertiary/aromatic N) is 1. The SMILES string of the molecule is CC(C)c1cccc2c(CS)c3c(nc12)CCC3. The molecule has 0 atom stereocenters. The van der Waals surface area contributed by atoms with Crippen LogP contribution in [0, 0.1) is 0 Å². The number of hydrogen-bond donors (Lipinski definition) is 1. The van der Waals surface area contributed by atoms with E-state index in [0.29, 0.717) is 5.92 Å². The van der Waals surface area contributed by atoms with Crippen LogP contribution in [0.4, 0.5) is 0 Å². The predicted octanol–water partition coefficient (Wildman–Crippen LogP) is 4.28. The lowest BCUT2D eigenvalue weighted by molar-refractivity contribution is 0.869. The highest BCUT2D eigenvalue weighted by Crippen LogP contribution is 2.33. The van der Waals surface area contributed by atoms with Gasteiger partial charge in [-0.15, -0.1) is 0 Å². The molecule has 1 aliphatic carbocycles. The van der Waals surface area contributed by atoms with Crippen LogP contribution in [0.2, 0.25) is 0 Å². The lowest BCUT2D eigenvalue weighted by atomic mass is 9.95. The molecule has 0 amide bonds. The molecule has 1 aromatic carbocycles. The number of aryl methyl sites for hydroxylation is 1. The van der Waals surface area contributed by atoms with E-state index < -0.39 is 0 Å². The Morgan fingerprint density at radius 2 is 2.11 bits per heavy atom. The summed E-state index contributed by atoms with van der Waals surface area (Å²) in [5, 5.41) is 1.32. The lowest BCUT2D eigenvalue weighted by Crippen LogP contribution is -2.00. The first-order chi connectivity index (χ1) is 8.72. The van der Waals surface area contributed by atoms with E-state index in [-0.39, 0.29) is 0 Å². The van der Waals surface area contributed by atoms with Crippen molar-refractivity contribution >= 4 is 23.5 Å². The summed E-state index contributed by atoms with van der Waals surface area (Å²) in [6, 6.07) is 6.58. The van der Waals surface area contributed by atoms with Crippen LogP contribution in [-0.2, 0) is 18.6 Å². The van der Waals surface area contributed by atoms with E-state index in [9.17, 15) is 0 Å². The molecule has 0 N–H and O–H groups in total. The van der Waals surface area contributed by atoms with Crippen LogP contribution in [0.1, 0.15) is 48.6 Å². The van der Waals surface area contributed by atoms with Crippen molar-refractivity contribution in [2.75, 3.05) is 0 Å². The third kappa shape index (κ3) is 1.74. The zero-order valence-corrected chi connectivity index (χ0v) is 11.9. The summed E-state index contributed by atoms with van der Waals surface area (Å²) in [6.07, 6.45) is 3.56. The second kappa shape index (κ2) is 4.58. The fourth-order valence-electron chi connectivity index (χ4n) is 3.05. The van der Waals surface area contributed by atoms with Crippen molar-refractivity contribution in [2.24, 2.45) is 0 Å². The molecule has 0 aliphatic heterocycles. The molecule has 1 aliphatic rings. The molecule has 94 valence electrons. The van der Waals surface area contributed by atoms with Gasteiger partial charge in [0.2, 0.25) is 0 Å². The van der Waals surface area contributed by atoms with Crippen molar-refractivity contribution < 1.29 is 0 Å². The molecular formula is C16H19NS. The van der Waals surface area contributed by atoms with Crippen LogP contribution in [-0.4, -0.2) is 4.98 Å². The Kier molecular flexibility index (Phi) is 3.06. The number of benzene rings is 1. The van der Waals surface area contributed by atoms with Crippen LogP contribution in [0.5, 0.6) is 0 Å². The van der Waals surface area contributed by atoms with Gasteiger partial charge in [-0.3, -0.25) is 4.98 Å². The molecule has 1 aromatic heterocycles. The largest absolute Gasteiger partial charge is 0.252 e. The predicted molar refractivity (Wildman–Crippen MR) is 80.5 cm³/mol. The molecule has 1 heterocycles. The third-order valence-corrected chi connectivity index (χ3v) is 4.29. The topological polar surface area (TPSA) is 12.9 Å². The first kappa shape index (κ1) is 12.0. The van der Waals surface area contributed by atoms with Gasteiger partial charge >= 0.3 is 0 Å². The summed E-state index contributed by atoms with van der Waals surface area (Å²) < 4.78 is 0. The highest BCUT2D eigenvalue weighted by atomic mass is 32.1. The van der Waals surface area contributed by atoms with Crippen LogP contribution < -0.4 is 0 Å². The average Bonchev–Trinajstić information content (AvgIpc) is 2.82. The molecule has 1 nitrogen and oxygen atoms in total. The first-order valence-corrected chi connectivity index (χ1v) is 7.39. The van der Waals surface area contributed by atoms with Gasteiger partial charge in [0.15, 0.2) is 0 Å². The van der Waals surface area contributed by atoms with Gasteiger partial charge in [0.25, 0.3) is 0 Å². The number of thiol groups is 1. The average molecular weight is 257 g/mol. The number of pyridine rings is 1. The minimum Gasteiger partial charge on any atom is -0.252 e. The second-order valence-corrected chi connectivity index (χ2v) is 5.74. The molecular weight excluding hydrogens is 238 g/mol. The lowest BCUT2D eigenvalue weighted by Gasteiger charge is -2.15. The van der Waals surface area contributed by atoms with Gasteiger partial charge in [-0.25, -0.2) is 0 Å². The van der Waals surface area contributed by atoms with E-state index in [1.807, 2.05) is 0 Å². The van der Waals surface area contributed by atoms with Gasteiger partial charge < -0.3 is 0 Å². The highest BCUT2D eigenvalue weighted by Gasteiger charge is 2.20. The number of rotatable bonds is 2. The molecule has 0 spiro atoms. The van der Waals surface area contributed by atoms with Crippen molar-refractivity contribution in [3.63, 3.8) is 0 Å². The molecule has 0 saturated carbocycles. The molecule has 0 saturated heterocycles. The van der Waals surface area contributed by atoms with Gasteiger partial charge in [-0.1, -0.05) is 32.0 Å². The number of aromatic nitrogens is 1. The minimum atomic E-state index is 0.522. The number of para-hydroxylation sites is 1. The Labute approximate surface area is 114 Å². The van der Waals surface area contributed by atoms with Crippen molar-refractivity contribution in [2.45, 2.75) is 44.8 Å². The summed E-state index contributed by atoms with van der Waals surface area (Å²) in [5.41, 5.74) is 6.78. The normalized spacial score (nSPS) is 14.4. The van der Waals surface area contributed by atoms with E-state index in [4.69, 9.17) is 4.98 Å². The van der Waals surface area contributed by atoms with Gasteiger partial charge in [-0.05, 0) is 41.9 Å². The van der Waals surface area contributed by atoms with Crippen molar-refractivity contribution in [3.05, 3.63) is 40.6 Å². The maximum absolute atomic E-state index is 4.95. The van der Waals surface area contributed by atoms with Gasteiger partial charge in [-0.2, -0.15) is 12.6 Å². The summed E-state index contributed by atoms with van der Waals surface area (Å²) in [5.74, 6) is 1.34. The highest BCUT2D eigenvalue weighted by molar-refractivity contribution is 7.79. The number of hydrogen-bond acceptors (Lipinski definition) is 2. The Morgan fingerprint density at radius 1 is 1.28 bits per heavy atom. The van der Waals surface area contributed by atoms with E-state index in [1.165, 1.54) is 46.1 Å². The Hall–Kier alpha value is -1.02. The maximum atomic E-state index is 4.95. The molecule has 0 radical (unpaired) electrons. The van der Waals surface area contributed by atoms with E-state index in [2.05, 4.69) is 44.7 Å². The molecule has 0 unspecified atom stereocenters. The quantitative estimate of drug-likeness (QED) is 0.792. The minimum absolute atomic E-state index is 0.522. The van der Waals surface area contributed by atoms with Crippen LogP contribution >= 0.6 is 12.6 Å². The standard InChI is InChI=1S/C16H19NS/c1-10(2)11-5-3-7-13-14(9-18)12-6-4-8-15(12)17-16(11)13/h3,5,7,10,18H,4,6,8-9H2,1-2H3. The van der Waals surface area contributed by atoms with E-state index in [0.717, 1.165) is 12.2 Å². The van der Waals surface area contributed by atoms with Crippen molar-refractivity contribution in [3.8, 4) is 0 Å². The Bertz CT molecular complexity index is 602. The van der Waals surface area contributed by atoms with Crippen LogP contribution in [0.15, 0.2) is 18.2 Å². The maximum Gasteiger partial charge on any atom is 0.0743 e. The van der Waals surface area contributed by atoms with E-state index in [1.54, 1.807) is 0 Å². The number of fused-ring (bicyclic) bond motifs is 2. The zero-order valence-electron chi connectivity index (χ0n) is 11.0. The van der Waals surface area contributed by atoms with Crippen molar-refractivity contribution in [1.29, 1.82) is 0 Å². The fraction of sp³-hybridized carbons (Fsp3) is 0.438. The molecule has 0 fully saturated rings. The van der Waals surface area contributed by atoms with Gasteiger partial charge in [0.05, 0.1) is 5.52 Å². The molecule has 18 heavy (non-hydrogen) atoms. The van der Waals surface area contributed by atoms with Crippen LogP contribution in [0.3, 0.4) is 0 Å². The monoisotopic (exact) mass is 257 g/mol. The summed E-state index contributed by atoms with van der Waals surface area (Å²) in [4.78, 5) is 4.95. The van der Waals surface area contributed by atoms with Crippen molar-refractivity contribution in [1.82, 2.24) is 4.98 Å². The summed E-state index contributed by atoms with van der Waals surface area (Å²) >= 11 is 4.54. The zero-order chi connectivity index (χ0) is 12.7. The Morgan fingerprint density at radius 3 is 2.83 bits per heavy atom. The fourth-order valence-corrected chi connectivity index (χ4v) is 3.41. The third-order valence-electron chi connectivity index (χ3n) is 3.97. The first-order valence-electron chi connectivity index (χ1n) is 6.76.